The zero-order chi connectivity index (χ0) is 24.4. The smallest absolute Gasteiger partial charge is 0.410 e. The summed E-state index contributed by atoms with van der Waals surface area (Å²) < 4.78 is 37.5. The van der Waals surface area contributed by atoms with E-state index in [1.807, 2.05) is 0 Å². The monoisotopic (exact) mass is 482 g/mol. The third kappa shape index (κ3) is 6.01. The Morgan fingerprint density at radius 2 is 1.91 bits per heavy atom. The van der Waals surface area contributed by atoms with E-state index in [2.05, 4.69) is 15.5 Å². The van der Waals surface area contributed by atoms with Crippen LogP contribution in [0.25, 0.3) is 10.6 Å². The maximum Gasteiger partial charge on any atom is 0.410 e. The lowest BCUT2D eigenvalue weighted by atomic mass is 9.86. The van der Waals surface area contributed by atoms with Gasteiger partial charge in [-0.1, -0.05) is 11.3 Å². The molecule has 1 aliphatic rings. The Morgan fingerprint density at radius 3 is 2.52 bits per heavy atom. The Balaban J connectivity index is 1.74. The highest BCUT2D eigenvalue weighted by Crippen LogP contribution is 2.30. The molecule has 9 nitrogen and oxygen atoms in total. The largest absolute Gasteiger partial charge is 0.466 e. The van der Waals surface area contributed by atoms with Gasteiger partial charge in [-0.25, -0.2) is 13.6 Å². The summed E-state index contributed by atoms with van der Waals surface area (Å²) in [6.45, 7) is 7.09. The maximum atomic E-state index is 14.0. The molecule has 1 aromatic heterocycles. The van der Waals surface area contributed by atoms with Crippen LogP contribution in [0.3, 0.4) is 0 Å². The SMILES string of the molecule is CCOC(=O)CC1(NC(=O)c2nnc(-c3ccc(F)cc3F)s2)CN(C(=O)OC(C)(C)C)C1. The molecule has 0 unspecified atom stereocenters. The number of amides is 2. The molecule has 0 atom stereocenters. The summed E-state index contributed by atoms with van der Waals surface area (Å²) in [7, 11) is 0. The van der Waals surface area contributed by atoms with Gasteiger partial charge < -0.3 is 19.7 Å². The number of carbonyl (C=O) groups is 3. The second-order valence-corrected chi connectivity index (χ2v) is 9.57. The quantitative estimate of drug-likeness (QED) is 0.630. The van der Waals surface area contributed by atoms with Crippen molar-refractivity contribution in [3.63, 3.8) is 0 Å². The molecule has 12 heteroatoms. The Bertz CT molecular complexity index is 1060. The van der Waals surface area contributed by atoms with E-state index in [9.17, 15) is 23.2 Å². The van der Waals surface area contributed by atoms with Gasteiger partial charge in [0, 0.05) is 24.7 Å². The van der Waals surface area contributed by atoms with Crippen LogP contribution in [0.15, 0.2) is 18.2 Å². The number of esters is 1. The fraction of sp³-hybridized carbons (Fsp3) is 0.476. The molecule has 1 fully saturated rings. The summed E-state index contributed by atoms with van der Waals surface area (Å²) in [6.07, 6.45) is -0.731. The lowest BCUT2D eigenvalue weighted by Gasteiger charge is -2.49. The number of aromatic nitrogens is 2. The Morgan fingerprint density at radius 1 is 1.21 bits per heavy atom. The molecule has 2 amide bonds. The normalized spacial score (nSPS) is 14.9. The highest BCUT2D eigenvalue weighted by atomic mass is 32.1. The van der Waals surface area contributed by atoms with Crippen LogP contribution in [0.5, 0.6) is 0 Å². The highest BCUT2D eigenvalue weighted by molar-refractivity contribution is 7.16. The second-order valence-electron chi connectivity index (χ2n) is 8.59. The second kappa shape index (κ2) is 9.38. The number of nitrogens with zero attached hydrogens (tertiary/aromatic N) is 3. The fourth-order valence-electron chi connectivity index (χ4n) is 3.24. The van der Waals surface area contributed by atoms with E-state index in [0.717, 1.165) is 17.4 Å². The summed E-state index contributed by atoms with van der Waals surface area (Å²) in [5, 5.41) is 10.4. The van der Waals surface area contributed by atoms with Crippen LogP contribution in [-0.2, 0) is 14.3 Å². The molecule has 1 N–H and O–H groups in total. The van der Waals surface area contributed by atoms with Crippen LogP contribution >= 0.6 is 11.3 Å². The third-order valence-electron chi connectivity index (χ3n) is 4.59. The third-order valence-corrected chi connectivity index (χ3v) is 5.54. The first-order valence-corrected chi connectivity index (χ1v) is 11.0. The Labute approximate surface area is 193 Å². The molecule has 0 radical (unpaired) electrons. The van der Waals surface area contributed by atoms with Crippen molar-refractivity contribution in [3.05, 3.63) is 34.8 Å². The highest BCUT2D eigenvalue weighted by Gasteiger charge is 2.49. The van der Waals surface area contributed by atoms with Gasteiger partial charge in [0.05, 0.1) is 18.6 Å². The fourth-order valence-corrected chi connectivity index (χ4v) is 4.01. The van der Waals surface area contributed by atoms with E-state index in [1.165, 1.54) is 11.0 Å². The number of carbonyl (C=O) groups excluding carboxylic acids is 3. The zero-order valence-electron chi connectivity index (χ0n) is 18.6. The van der Waals surface area contributed by atoms with Crippen molar-refractivity contribution in [1.29, 1.82) is 0 Å². The number of nitrogens with one attached hydrogen (secondary N) is 1. The van der Waals surface area contributed by atoms with E-state index < -0.39 is 40.7 Å². The Kier molecular flexibility index (Phi) is 6.96. The van der Waals surface area contributed by atoms with Gasteiger partial charge in [0.1, 0.15) is 17.2 Å². The van der Waals surface area contributed by atoms with E-state index in [0.29, 0.717) is 6.07 Å². The van der Waals surface area contributed by atoms with Crippen molar-refractivity contribution >= 4 is 29.3 Å². The van der Waals surface area contributed by atoms with Crippen LogP contribution in [-0.4, -0.2) is 63.9 Å². The van der Waals surface area contributed by atoms with Crippen molar-refractivity contribution in [2.24, 2.45) is 0 Å². The molecule has 0 bridgehead atoms. The minimum atomic E-state index is -1.08. The van der Waals surface area contributed by atoms with Crippen LogP contribution in [0.2, 0.25) is 0 Å². The van der Waals surface area contributed by atoms with Crippen molar-refractivity contribution < 1.29 is 32.6 Å². The number of rotatable bonds is 6. The summed E-state index contributed by atoms with van der Waals surface area (Å²) >= 11 is 0.815. The molecule has 0 aliphatic carbocycles. The van der Waals surface area contributed by atoms with Crippen LogP contribution in [0, 0.1) is 11.6 Å². The van der Waals surface area contributed by atoms with Crippen LogP contribution < -0.4 is 5.32 Å². The molecule has 0 spiro atoms. The Hall–Kier alpha value is -3.15. The summed E-state index contributed by atoms with van der Waals surface area (Å²) in [4.78, 5) is 38.6. The van der Waals surface area contributed by atoms with Gasteiger partial charge in [-0.3, -0.25) is 9.59 Å². The summed E-state index contributed by atoms with van der Waals surface area (Å²) in [6, 6.07) is 3.00. The molecule has 1 aliphatic heterocycles. The summed E-state index contributed by atoms with van der Waals surface area (Å²) in [5.41, 5.74) is -1.76. The predicted molar refractivity (Wildman–Crippen MR) is 115 cm³/mol. The molecule has 178 valence electrons. The number of hydrogen-bond donors (Lipinski definition) is 1. The number of benzene rings is 1. The average molecular weight is 483 g/mol. The molecule has 3 rings (SSSR count). The van der Waals surface area contributed by atoms with Crippen LogP contribution in [0.4, 0.5) is 13.6 Å². The molecule has 33 heavy (non-hydrogen) atoms. The molecule has 1 saturated heterocycles. The van der Waals surface area contributed by atoms with Gasteiger partial charge in [-0.15, -0.1) is 10.2 Å². The molecule has 0 saturated carbocycles. The zero-order valence-corrected chi connectivity index (χ0v) is 19.4. The molecule has 2 aromatic rings. The van der Waals surface area contributed by atoms with Crippen molar-refractivity contribution in [1.82, 2.24) is 20.4 Å². The molecule has 1 aromatic carbocycles. The van der Waals surface area contributed by atoms with Crippen molar-refractivity contribution in [2.45, 2.75) is 45.3 Å². The van der Waals surface area contributed by atoms with E-state index in [-0.39, 0.29) is 41.7 Å². The van der Waals surface area contributed by atoms with Crippen LogP contribution in [0.1, 0.15) is 43.9 Å². The first-order chi connectivity index (χ1) is 15.4. The topological polar surface area (TPSA) is 111 Å². The first-order valence-electron chi connectivity index (χ1n) is 10.2. The molecule has 2 heterocycles. The maximum absolute atomic E-state index is 14.0. The lowest BCUT2D eigenvalue weighted by Crippen LogP contribution is -2.72. The standard InChI is InChI=1S/C21H24F2N4O5S/c1-5-31-15(28)9-21(10-27(11-21)19(30)32-20(2,3)4)24-16(29)18-26-25-17(33-18)13-7-6-12(22)8-14(13)23/h6-8H,5,9-11H2,1-4H3,(H,24,29). The summed E-state index contributed by atoms with van der Waals surface area (Å²) in [5.74, 6) is -2.74. The number of hydrogen-bond acceptors (Lipinski definition) is 8. The molecular weight excluding hydrogens is 458 g/mol. The van der Waals surface area contributed by atoms with Gasteiger partial charge in [0.15, 0.2) is 5.01 Å². The first kappa shape index (κ1) is 24.5. The van der Waals surface area contributed by atoms with Crippen molar-refractivity contribution in [3.8, 4) is 10.6 Å². The van der Waals surface area contributed by atoms with Crippen molar-refractivity contribution in [2.75, 3.05) is 19.7 Å². The van der Waals surface area contributed by atoms with E-state index in [1.54, 1.807) is 27.7 Å². The minimum Gasteiger partial charge on any atom is -0.466 e. The van der Waals surface area contributed by atoms with Gasteiger partial charge in [-0.05, 0) is 39.8 Å². The molecular formula is C21H24F2N4O5S. The number of halogens is 2. The van der Waals surface area contributed by atoms with Gasteiger partial charge in [0.2, 0.25) is 5.01 Å². The van der Waals surface area contributed by atoms with E-state index in [4.69, 9.17) is 9.47 Å². The van der Waals surface area contributed by atoms with Gasteiger partial charge >= 0.3 is 12.1 Å². The lowest BCUT2D eigenvalue weighted by molar-refractivity contribution is -0.146. The van der Waals surface area contributed by atoms with Gasteiger partial charge in [0.25, 0.3) is 5.91 Å². The average Bonchev–Trinajstić information content (AvgIpc) is 3.14. The predicted octanol–water partition coefficient (Wildman–Crippen LogP) is 3.16. The number of ether oxygens (including phenoxy) is 2. The van der Waals surface area contributed by atoms with Gasteiger partial charge in [-0.2, -0.15) is 0 Å². The van der Waals surface area contributed by atoms with E-state index >= 15 is 0 Å². The minimum absolute atomic E-state index is 0.00827. The number of likely N-dealkylation sites (tertiary alicyclic amines) is 1.